The largest absolute Gasteiger partial charge is 0.480 e. The molecule has 60 valence electrons. The van der Waals surface area contributed by atoms with Gasteiger partial charge in [0.25, 0.3) is 0 Å². The van der Waals surface area contributed by atoms with Crippen molar-refractivity contribution in [3.8, 4) is 0 Å². The Morgan fingerprint density at radius 1 is 1.80 bits per heavy atom. The van der Waals surface area contributed by atoms with Crippen LogP contribution >= 0.6 is 0 Å². The van der Waals surface area contributed by atoms with Gasteiger partial charge in [-0.1, -0.05) is 13.8 Å². The molecule has 4 nitrogen and oxygen atoms in total. The van der Waals surface area contributed by atoms with Crippen LogP contribution in [-0.2, 0) is 4.79 Å². The molecule has 0 aromatic heterocycles. The third kappa shape index (κ3) is 3.42. The van der Waals surface area contributed by atoms with Crippen LogP contribution in [0, 0.1) is 5.92 Å². The Hall–Kier alpha value is -0.610. The topological polar surface area (TPSA) is 69.6 Å². The summed E-state index contributed by atoms with van der Waals surface area (Å²) < 4.78 is 6.30. The molecule has 0 amide bonds. The summed E-state index contributed by atoms with van der Waals surface area (Å²) in [5, 5.41) is 12.3. The maximum absolute atomic E-state index is 10.4. The maximum Gasteiger partial charge on any atom is 0.323 e. The highest BCUT2D eigenvalue weighted by atomic mass is 16.5. The second-order valence-electron chi connectivity index (χ2n) is 2.64. The van der Waals surface area contributed by atoms with Gasteiger partial charge in [0.1, 0.15) is 6.04 Å². The molecule has 0 aromatic rings. The van der Waals surface area contributed by atoms with Crippen molar-refractivity contribution in [3.05, 3.63) is 0 Å². The molecule has 0 saturated heterocycles. The lowest BCUT2D eigenvalue weighted by atomic mass is 10.1. The molecule has 0 saturated carbocycles. The van der Waals surface area contributed by atoms with E-state index in [1.807, 2.05) is 13.8 Å². The number of nitrogens with one attached hydrogen (secondary N) is 1. The number of aliphatic carboxylic acids is 1. The van der Waals surface area contributed by atoms with Crippen molar-refractivity contribution in [3.63, 3.8) is 0 Å². The molecule has 0 aliphatic rings. The Morgan fingerprint density at radius 3 is 2.70 bits per heavy atom. The van der Waals surface area contributed by atoms with E-state index in [0.29, 0.717) is 6.42 Å². The molecular weight excluding hydrogens is 134 g/mol. The fraction of sp³-hybridized carbons (Fsp3) is 0.833. The average molecular weight is 148 g/mol. The van der Waals surface area contributed by atoms with Crippen LogP contribution in [0.15, 0.2) is 0 Å². The monoisotopic (exact) mass is 148 g/mol. The lowest BCUT2D eigenvalue weighted by Gasteiger charge is -2.11. The minimum absolute atomic E-state index is 0.263. The smallest absolute Gasteiger partial charge is 0.323 e. The van der Waals surface area contributed by atoms with Crippen molar-refractivity contribution >= 4 is 5.97 Å². The number of carboxylic acid groups (broad SMARTS) is 1. The van der Waals surface area contributed by atoms with E-state index in [2.05, 4.69) is 10.7 Å². The number of hydroxylamine groups is 1. The molecule has 0 spiro atoms. The highest BCUT2D eigenvalue weighted by molar-refractivity contribution is 5.73. The highest BCUT2D eigenvalue weighted by Gasteiger charge is 2.16. The van der Waals surface area contributed by atoms with E-state index < -0.39 is 12.0 Å². The molecular formula is C6H13NO3. The first kappa shape index (κ1) is 7.50. The van der Waals surface area contributed by atoms with Gasteiger partial charge in [0.05, 0.1) is 0 Å². The van der Waals surface area contributed by atoms with Crippen molar-refractivity contribution in [2.75, 3.05) is 0 Å². The van der Waals surface area contributed by atoms with Crippen molar-refractivity contribution in [2.45, 2.75) is 26.3 Å². The van der Waals surface area contributed by atoms with E-state index in [9.17, 15) is 4.79 Å². The lowest BCUT2D eigenvalue weighted by molar-refractivity contribution is -0.142. The second kappa shape index (κ2) is 4.24. The minimum Gasteiger partial charge on any atom is -0.480 e. The van der Waals surface area contributed by atoms with Crippen LogP contribution in [0.3, 0.4) is 0 Å². The first-order chi connectivity index (χ1) is 5.07. The molecule has 0 bridgehead atoms. The zero-order valence-corrected chi connectivity index (χ0v) is 6.13. The first-order valence-electron chi connectivity index (χ1n) is 3.59. The Balaban J connectivity index is 3.79. The third-order valence-electron chi connectivity index (χ3n) is 1.15. The summed E-state index contributed by atoms with van der Waals surface area (Å²) in [4.78, 5) is 10.4. The molecule has 3 N–H and O–H groups in total. The Morgan fingerprint density at radius 2 is 2.40 bits per heavy atom. The highest BCUT2D eigenvalue weighted by Crippen LogP contribution is 2.03. The molecule has 0 aliphatic carbocycles. The number of carboxylic acids is 1. The van der Waals surface area contributed by atoms with E-state index in [-0.39, 0.29) is 5.92 Å². The van der Waals surface area contributed by atoms with Crippen LogP contribution in [0.1, 0.15) is 20.3 Å². The van der Waals surface area contributed by atoms with Gasteiger partial charge in [0.15, 0.2) is 0 Å². The molecule has 0 fully saturated rings. The van der Waals surface area contributed by atoms with Gasteiger partial charge in [-0.2, -0.15) is 5.48 Å². The molecule has 0 radical (unpaired) electrons. The summed E-state index contributed by atoms with van der Waals surface area (Å²) in [7, 11) is 0. The molecule has 4 heteroatoms. The van der Waals surface area contributed by atoms with Crippen molar-refractivity contribution in [2.24, 2.45) is 5.92 Å². The molecule has 0 aliphatic heterocycles. The molecule has 0 unspecified atom stereocenters. The van der Waals surface area contributed by atoms with Gasteiger partial charge in [-0.3, -0.25) is 4.79 Å². The average Bonchev–Trinajstić information content (AvgIpc) is 1.86. The third-order valence-corrected chi connectivity index (χ3v) is 1.15. The van der Waals surface area contributed by atoms with E-state index >= 15 is 0 Å². The van der Waals surface area contributed by atoms with Gasteiger partial charge in [0, 0.05) is 0 Å². The van der Waals surface area contributed by atoms with Crippen LogP contribution in [0.2, 0.25) is 1.43 Å². The van der Waals surface area contributed by atoms with E-state index in [4.69, 9.17) is 6.54 Å². The van der Waals surface area contributed by atoms with Crippen molar-refractivity contribution in [1.29, 1.82) is 0 Å². The minimum atomic E-state index is -0.994. The van der Waals surface area contributed by atoms with Crippen LogP contribution in [0.25, 0.3) is 0 Å². The molecule has 1 atom stereocenters. The number of hydrogen-bond acceptors (Lipinski definition) is 3. The summed E-state index contributed by atoms with van der Waals surface area (Å²) in [5.41, 5.74) is 2.08. The predicted octanol–water partition coefficient (Wildman–Crippen LogP) is 0.465. The lowest BCUT2D eigenvalue weighted by Crippen LogP contribution is -2.35. The number of hydrogen-bond donors (Lipinski definition) is 3. The molecule has 0 aromatic carbocycles. The SMILES string of the molecule is [2H]ON[C@@H](CC(C)C)C(=O)O. The Kier molecular flexibility index (Phi) is 3.18. The molecule has 10 heavy (non-hydrogen) atoms. The summed E-state index contributed by atoms with van der Waals surface area (Å²) in [6, 6.07) is -0.785. The standard InChI is InChI=1S/C6H13NO3/c1-4(2)3-5(7-10)6(8)9/h4-5,7,10H,3H2,1-2H3,(H,8,9)/t5-/m0/s1/i10D. The summed E-state index contributed by atoms with van der Waals surface area (Å²) in [6.07, 6.45) is 0.453. The van der Waals surface area contributed by atoms with Gasteiger partial charge < -0.3 is 10.3 Å². The number of carbonyl (C=O) groups is 1. The summed E-state index contributed by atoms with van der Waals surface area (Å²) in [6.45, 7) is 3.81. The van der Waals surface area contributed by atoms with E-state index in [0.717, 1.165) is 0 Å². The normalized spacial score (nSPS) is 14.9. The van der Waals surface area contributed by atoms with Gasteiger partial charge in [-0.25, -0.2) is 0 Å². The van der Waals surface area contributed by atoms with Gasteiger partial charge in [-0.15, -0.1) is 0 Å². The fourth-order valence-corrected chi connectivity index (χ4v) is 0.671. The predicted molar refractivity (Wildman–Crippen MR) is 35.8 cm³/mol. The van der Waals surface area contributed by atoms with Gasteiger partial charge in [0.2, 0.25) is 1.43 Å². The fourth-order valence-electron chi connectivity index (χ4n) is 0.671. The molecule has 0 rings (SSSR count). The zero-order valence-electron chi connectivity index (χ0n) is 7.13. The zero-order chi connectivity index (χ0) is 8.85. The van der Waals surface area contributed by atoms with Crippen molar-refractivity contribution < 1.29 is 16.5 Å². The summed E-state index contributed by atoms with van der Waals surface area (Å²) >= 11 is 0. The second-order valence-corrected chi connectivity index (χ2v) is 2.64. The van der Waals surface area contributed by atoms with Crippen molar-refractivity contribution in [1.82, 2.24) is 5.48 Å². The first-order valence-corrected chi connectivity index (χ1v) is 3.18. The maximum atomic E-state index is 10.4. The quantitative estimate of drug-likeness (QED) is 0.495. The van der Waals surface area contributed by atoms with Crippen LogP contribution < -0.4 is 5.48 Å². The Labute approximate surface area is 61.3 Å². The number of rotatable bonds is 5. The van der Waals surface area contributed by atoms with Gasteiger partial charge in [-0.05, 0) is 12.3 Å². The van der Waals surface area contributed by atoms with Gasteiger partial charge >= 0.3 is 5.97 Å². The summed E-state index contributed by atoms with van der Waals surface area (Å²) in [5.74, 6) is -0.732. The van der Waals surface area contributed by atoms with Crippen LogP contribution in [0.5, 0.6) is 0 Å². The van der Waals surface area contributed by atoms with Crippen LogP contribution in [-0.4, -0.2) is 22.3 Å². The van der Waals surface area contributed by atoms with E-state index in [1.54, 1.807) is 0 Å². The van der Waals surface area contributed by atoms with Crippen LogP contribution in [0.4, 0.5) is 0 Å². The van der Waals surface area contributed by atoms with E-state index in [1.165, 1.54) is 0 Å². The Bertz CT molecular complexity index is 129. The molecule has 0 heterocycles.